The number of hydrogen-bond donors (Lipinski definition) is 2. The zero-order valence-electron chi connectivity index (χ0n) is 22.0. The number of hydrogen-bond acceptors (Lipinski definition) is 7. The number of cyclic esters (lactones) is 1. The number of ether oxygens (including phenoxy) is 2. The quantitative estimate of drug-likeness (QED) is 0.452. The van der Waals surface area contributed by atoms with Crippen molar-refractivity contribution in [1.29, 1.82) is 0 Å². The first-order chi connectivity index (χ1) is 17.0. The summed E-state index contributed by atoms with van der Waals surface area (Å²) in [4.78, 5) is 30.8. The van der Waals surface area contributed by atoms with Crippen LogP contribution in [-0.4, -0.2) is 50.5 Å². The van der Waals surface area contributed by atoms with Crippen molar-refractivity contribution < 1.29 is 29.3 Å². The fourth-order valence-electron chi connectivity index (χ4n) is 6.21. The molecule has 0 radical (unpaired) electrons. The molecule has 4 rings (SSSR count). The van der Waals surface area contributed by atoms with Gasteiger partial charge in [-0.25, -0.2) is 0 Å². The first-order valence-electron chi connectivity index (χ1n) is 13.4. The van der Waals surface area contributed by atoms with Crippen LogP contribution in [0.4, 0.5) is 0 Å². The molecule has 3 heterocycles. The van der Waals surface area contributed by atoms with Gasteiger partial charge < -0.3 is 19.7 Å². The molecule has 1 saturated carbocycles. The number of Topliss-reactive ketones (excluding diaryl/α,β-unsaturated/α-hetero) is 1. The van der Waals surface area contributed by atoms with Crippen LogP contribution in [0.1, 0.15) is 91.2 Å². The monoisotopic (exact) mass is 499 g/mol. The number of carbonyl (C=O) groups excluding carboxylic acids is 2. The molecular weight excluding hydrogens is 458 g/mol. The smallest absolute Gasteiger partial charge is 0.306 e. The minimum absolute atomic E-state index is 0.0490. The van der Waals surface area contributed by atoms with E-state index in [1.165, 1.54) is 0 Å². The van der Waals surface area contributed by atoms with Gasteiger partial charge in [0.15, 0.2) is 12.2 Å². The van der Waals surface area contributed by atoms with E-state index < -0.39 is 35.0 Å². The average molecular weight is 500 g/mol. The van der Waals surface area contributed by atoms with Gasteiger partial charge in [-0.1, -0.05) is 39.2 Å². The van der Waals surface area contributed by atoms with E-state index in [-0.39, 0.29) is 18.1 Å². The summed E-state index contributed by atoms with van der Waals surface area (Å²) in [5.41, 5.74) is -0.174. The molecule has 6 unspecified atom stereocenters. The number of carbonyl (C=O) groups is 2. The van der Waals surface area contributed by atoms with Crippen LogP contribution in [0.15, 0.2) is 30.0 Å². The molecule has 0 bridgehead atoms. The van der Waals surface area contributed by atoms with E-state index in [2.05, 4.69) is 11.9 Å². The van der Waals surface area contributed by atoms with Crippen molar-refractivity contribution >= 4 is 17.8 Å². The van der Waals surface area contributed by atoms with Gasteiger partial charge in [0.05, 0.1) is 5.69 Å². The molecule has 2 saturated heterocycles. The third-order valence-corrected chi connectivity index (χ3v) is 8.75. The molecule has 7 nitrogen and oxygen atoms in total. The van der Waals surface area contributed by atoms with Gasteiger partial charge in [-0.3, -0.25) is 14.6 Å². The first-order valence-corrected chi connectivity index (χ1v) is 13.4. The zero-order valence-corrected chi connectivity index (χ0v) is 22.0. The molecule has 1 aliphatic carbocycles. The van der Waals surface area contributed by atoms with Crippen LogP contribution in [0.5, 0.6) is 0 Å². The Morgan fingerprint density at radius 1 is 1.14 bits per heavy atom. The molecule has 1 aromatic heterocycles. The van der Waals surface area contributed by atoms with Crippen molar-refractivity contribution in [3.8, 4) is 0 Å². The summed E-state index contributed by atoms with van der Waals surface area (Å²) in [6, 6.07) is 5.46. The van der Waals surface area contributed by atoms with Gasteiger partial charge in [0.25, 0.3) is 0 Å². The number of ketones is 1. The lowest BCUT2D eigenvalue weighted by atomic mass is 9.60. The summed E-state index contributed by atoms with van der Waals surface area (Å²) in [6.45, 7) is 7.71. The summed E-state index contributed by atoms with van der Waals surface area (Å²) >= 11 is 0. The highest BCUT2D eigenvalue weighted by Gasteiger charge is 2.71. The Hall–Kier alpha value is -2.09. The number of nitrogens with zero attached hydrogens (tertiary/aromatic N) is 1. The molecule has 3 aliphatic rings. The lowest BCUT2D eigenvalue weighted by Gasteiger charge is -2.42. The Balaban J connectivity index is 1.61. The molecule has 198 valence electrons. The molecule has 0 aromatic carbocycles. The molecule has 6 atom stereocenters. The standard InChI is InChI=1S/C29H41NO6/c1-19-9-7-12-27(4)29(34,36-27)26(33)24(20(2)18-22-10-5-6-16-30-22)35-23(31)11-15-28(13-8-14-28)25(32)21(3)17-19/h5-6,10,16,18-19,21,24,26,33-34H,7-9,11-15,17H2,1-4H3. The second-order valence-corrected chi connectivity index (χ2v) is 11.7. The maximum Gasteiger partial charge on any atom is 0.306 e. The van der Waals surface area contributed by atoms with Crippen molar-refractivity contribution in [2.24, 2.45) is 17.3 Å². The van der Waals surface area contributed by atoms with Crippen molar-refractivity contribution in [2.45, 2.75) is 109 Å². The summed E-state index contributed by atoms with van der Waals surface area (Å²) in [7, 11) is 0. The SMILES string of the molecule is CC(=Cc1ccccn1)C1OC(=O)CCC2(CCC2)C(=O)C(C)CC(C)CCCC2(C)OC2(O)C1O. The highest BCUT2D eigenvalue weighted by Crippen LogP contribution is 2.53. The van der Waals surface area contributed by atoms with Gasteiger partial charge in [-0.05, 0) is 75.7 Å². The molecule has 0 amide bonds. The summed E-state index contributed by atoms with van der Waals surface area (Å²) in [5.74, 6) is -1.72. The van der Waals surface area contributed by atoms with Crippen LogP contribution in [0.3, 0.4) is 0 Å². The second-order valence-electron chi connectivity index (χ2n) is 11.7. The lowest BCUT2D eigenvalue weighted by Crippen LogP contribution is -2.47. The normalized spacial score (nSPS) is 38.1. The number of esters is 1. The average Bonchev–Trinajstić information content (AvgIpc) is 3.37. The minimum Gasteiger partial charge on any atom is -0.455 e. The zero-order chi connectivity index (χ0) is 26.1. The Morgan fingerprint density at radius 3 is 2.53 bits per heavy atom. The van der Waals surface area contributed by atoms with Crippen molar-refractivity contribution in [1.82, 2.24) is 4.98 Å². The fourth-order valence-corrected chi connectivity index (χ4v) is 6.21. The number of fused-ring (bicyclic) bond motifs is 1. The highest BCUT2D eigenvalue weighted by atomic mass is 16.8. The van der Waals surface area contributed by atoms with Gasteiger partial charge in [0.1, 0.15) is 11.4 Å². The van der Waals surface area contributed by atoms with E-state index in [1.54, 1.807) is 32.2 Å². The minimum atomic E-state index is -1.81. The molecule has 2 N–H and O–H groups in total. The van der Waals surface area contributed by atoms with E-state index in [0.29, 0.717) is 30.0 Å². The summed E-state index contributed by atoms with van der Waals surface area (Å²) < 4.78 is 11.6. The number of pyridine rings is 1. The number of aromatic nitrogens is 1. The Kier molecular flexibility index (Phi) is 7.75. The van der Waals surface area contributed by atoms with Crippen molar-refractivity contribution in [2.75, 3.05) is 0 Å². The molecule has 36 heavy (non-hydrogen) atoms. The van der Waals surface area contributed by atoms with Gasteiger partial charge >= 0.3 is 5.97 Å². The maximum absolute atomic E-state index is 13.4. The first kappa shape index (κ1) is 27.0. The van der Waals surface area contributed by atoms with Gasteiger partial charge in [0, 0.05) is 24.0 Å². The topological polar surface area (TPSA) is 109 Å². The van der Waals surface area contributed by atoms with Crippen LogP contribution in [0, 0.1) is 17.3 Å². The van der Waals surface area contributed by atoms with Crippen LogP contribution in [0.25, 0.3) is 6.08 Å². The molecular formula is C29H41NO6. The molecule has 1 spiro atoms. The predicted molar refractivity (Wildman–Crippen MR) is 136 cm³/mol. The van der Waals surface area contributed by atoms with E-state index in [0.717, 1.165) is 38.5 Å². The summed E-state index contributed by atoms with van der Waals surface area (Å²) in [5, 5.41) is 22.6. The Morgan fingerprint density at radius 2 is 1.89 bits per heavy atom. The highest BCUT2D eigenvalue weighted by molar-refractivity contribution is 5.88. The van der Waals surface area contributed by atoms with E-state index in [4.69, 9.17) is 9.47 Å². The van der Waals surface area contributed by atoms with Crippen LogP contribution in [-0.2, 0) is 19.1 Å². The van der Waals surface area contributed by atoms with Crippen LogP contribution < -0.4 is 0 Å². The molecule has 7 heteroatoms. The van der Waals surface area contributed by atoms with Crippen molar-refractivity contribution in [3.05, 3.63) is 35.7 Å². The Bertz CT molecular complexity index is 989. The molecule has 3 fully saturated rings. The van der Waals surface area contributed by atoms with Gasteiger partial charge in [0.2, 0.25) is 5.79 Å². The fraction of sp³-hybridized carbons (Fsp3) is 0.690. The lowest BCUT2D eigenvalue weighted by molar-refractivity contribution is -0.165. The van der Waals surface area contributed by atoms with E-state index in [9.17, 15) is 19.8 Å². The second kappa shape index (κ2) is 10.3. The maximum atomic E-state index is 13.4. The van der Waals surface area contributed by atoms with Crippen LogP contribution in [0.2, 0.25) is 0 Å². The number of epoxide rings is 1. The molecule has 1 aromatic rings. The third-order valence-electron chi connectivity index (χ3n) is 8.75. The van der Waals surface area contributed by atoms with Crippen molar-refractivity contribution in [3.63, 3.8) is 0 Å². The third kappa shape index (κ3) is 5.29. The molecule has 2 aliphatic heterocycles. The number of aliphatic hydroxyl groups is 2. The van der Waals surface area contributed by atoms with Gasteiger partial charge in [-0.15, -0.1) is 0 Å². The summed E-state index contributed by atoms with van der Waals surface area (Å²) in [6.07, 6.45) is 7.07. The number of aliphatic hydroxyl groups excluding tert-OH is 1. The predicted octanol–water partition coefficient (Wildman–Crippen LogP) is 4.60. The van der Waals surface area contributed by atoms with E-state index >= 15 is 0 Å². The van der Waals surface area contributed by atoms with Gasteiger partial charge in [-0.2, -0.15) is 0 Å². The Labute approximate surface area is 214 Å². The van der Waals surface area contributed by atoms with E-state index in [1.807, 2.05) is 19.1 Å². The van der Waals surface area contributed by atoms with Crippen LogP contribution >= 0.6 is 0 Å². The largest absolute Gasteiger partial charge is 0.455 e. The number of rotatable bonds is 2.